The quantitative estimate of drug-likeness (QED) is 0.697. The lowest BCUT2D eigenvalue weighted by molar-refractivity contribution is 0.309. The van der Waals surface area contributed by atoms with Gasteiger partial charge in [0.2, 0.25) is 15.0 Å². The summed E-state index contributed by atoms with van der Waals surface area (Å²) >= 11 is 1.43. The molecule has 10 heteroatoms. The number of rotatable bonds is 3. The van der Waals surface area contributed by atoms with E-state index in [1.165, 1.54) is 21.9 Å². The van der Waals surface area contributed by atoms with Gasteiger partial charge in [0.15, 0.2) is 10.8 Å². The van der Waals surface area contributed by atoms with Crippen molar-refractivity contribution >= 4 is 26.3 Å². The van der Waals surface area contributed by atoms with Crippen LogP contribution in [0.25, 0.3) is 15.7 Å². The maximum Gasteiger partial charge on any atom is 0.235 e. The summed E-state index contributed by atoms with van der Waals surface area (Å²) in [7, 11) is -3.19. The maximum atomic E-state index is 11.8. The molecule has 1 aliphatic heterocycles. The fourth-order valence-electron chi connectivity index (χ4n) is 2.93. The number of piperidine rings is 1. The number of pyridine rings is 1. The molecule has 3 aromatic heterocycles. The zero-order valence-corrected chi connectivity index (χ0v) is 14.7. The molecule has 0 bridgehead atoms. The van der Waals surface area contributed by atoms with Crippen molar-refractivity contribution in [2.45, 2.75) is 18.8 Å². The van der Waals surface area contributed by atoms with Crippen molar-refractivity contribution in [2.24, 2.45) is 0 Å². The van der Waals surface area contributed by atoms with Gasteiger partial charge in [-0.05, 0) is 25.0 Å². The lowest BCUT2D eigenvalue weighted by Gasteiger charge is -2.29. The molecule has 3 aromatic rings. The Bertz CT molecular complexity index is 966. The molecule has 4 heterocycles. The first kappa shape index (κ1) is 15.6. The van der Waals surface area contributed by atoms with Gasteiger partial charge in [0.25, 0.3) is 0 Å². The van der Waals surface area contributed by atoms with E-state index in [2.05, 4.69) is 20.3 Å². The molecule has 0 radical (unpaired) electrons. The Hall–Kier alpha value is -1.91. The summed E-state index contributed by atoms with van der Waals surface area (Å²) in [5.74, 6) is 0.721. The normalized spacial score (nSPS) is 19.8. The van der Waals surface area contributed by atoms with E-state index in [0.29, 0.717) is 18.1 Å². The molecule has 0 spiro atoms. The molecule has 1 saturated heterocycles. The predicted octanol–water partition coefficient (Wildman–Crippen LogP) is 1.39. The maximum absolute atomic E-state index is 11.8. The molecule has 24 heavy (non-hydrogen) atoms. The smallest absolute Gasteiger partial charge is 0.235 e. The lowest BCUT2D eigenvalue weighted by Crippen LogP contribution is -2.38. The zero-order valence-electron chi connectivity index (χ0n) is 13.0. The first-order valence-electron chi connectivity index (χ1n) is 7.61. The van der Waals surface area contributed by atoms with E-state index in [1.807, 2.05) is 18.2 Å². The summed E-state index contributed by atoms with van der Waals surface area (Å²) in [4.78, 5) is 5.01. The highest BCUT2D eigenvalue weighted by molar-refractivity contribution is 7.88. The summed E-state index contributed by atoms with van der Waals surface area (Å²) in [5.41, 5.74) is 0.792. The van der Waals surface area contributed by atoms with E-state index in [1.54, 1.807) is 10.7 Å². The molecule has 126 valence electrons. The van der Waals surface area contributed by atoms with Crippen LogP contribution < -0.4 is 0 Å². The summed E-state index contributed by atoms with van der Waals surface area (Å²) in [6.07, 6.45) is 4.66. The van der Waals surface area contributed by atoms with E-state index in [0.717, 1.165) is 29.4 Å². The third-order valence-electron chi connectivity index (χ3n) is 4.12. The molecule has 8 nitrogen and oxygen atoms in total. The van der Waals surface area contributed by atoms with Gasteiger partial charge in [-0.2, -0.15) is 9.61 Å². The van der Waals surface area contributed by atoms with Gasteiger partial charge >= 0.3 is 0 Å². The minimum atomic E-state index is -3.19. The van der Waals surface area contributed by atoms with Crippen molar-refractivity contribution < 1.29 is 8.42 Å². The predicted molar refractivity (Wildman–Crippen MR) is 90.3 cm³/mol. The summed E-state index contributed by atoms with van der Waals surface area (Å²) in [6, 6.07) is 5.67. The Labute approximate surface area is 143 Å². The molecule has 0 saturated carbocycles. The average Bonchev–Trinajstić information content (AvgIpc) is 3.15. The van der Waals surface area contributed by atoms with Crippen LogP contribution in [-0.4, -0.2) is 56.9 Å². The second-order valence-corrected chi connectivity index (χ2v) is 8.77. The third-order valence-corrected chi connectivity index (χ3v) is 6.31. The molecule has 4 rings (SSSR count). The van der Waals surface area contributed by atoms with Gasteiger partial charge in [0.05, 0.1) is 6.26 Å². The highest BCUT2D eigenvalue weighted by Gasteiger charge is 2.30. The topological polar surface area (TPSA) is 93.4 Å². The number of hydrogen-bond donors (Lipinski definition) is 0. The van der Waals surface area contributed by atoms with Crippen molar-refractivity contribution in [1.82, 2.24) is 29.1 Å². The van der Waals surface area contributed by atoms with Crippen molar-refractivity contribution in [3.8, 4) is 10.7 Å². The first-order valence-corrected chi connectivity index (χ1v) is 10.3. The van der Waals surface area contributed by atoms with Crippen LogP contribution >= 0.6 is 11.3 Å². The molecular formula is C14H16N6O2S2. The van der Waals surface area contributed by atoms with Gasteiger partial charge in [-0.3, -0.25) is 4.98 Å². The third kappa shape index (κ3) is 2.80. The summed E-state index contributed by atoms with van der Waals surface area (Å²) in [5, 5.41) is 13.8. The number of aromatic nitrogens is 5. The second-order valence-electron chi connectivity index (χ2n) is 5.83. The Morgan fingerprint density at radius 1 is 1.29 bits per heavy atom. The molecule has 1 fully saturated rings. The largest absolute Gasteiger partial charge is 0.254 e. The first-order chi connectivity index (χ1) is 11.5. The Kier molecular flexibility index (Phi) is 3.82. The van der Waals surface area contributed by atoms with Crippen LogP contribution in [0.2, 0.25) is 0 Å². The minimum Gasteiger partial charge on any atom is -0.254 e. The van der Waals surface area contributed by atoms with Crippen LogP contribution in [0.1, 0.15) is 24.6 Å². The molecule has 0 amide bonds. The highest BCUT2D eigenvalue weighted by Crippen LogP contribution is 2.30. The fraction of sp³-hybridized carbons (Fsp3) is 0.429. The molecule has 1 aliphatic rings. The van der Waals surface area contributed by atoms with Crippen LogP contribution in [0.3, 0.4) is 0 Å². The SMILES string of the molecule is CS(=O)(=O)N1CCCC(c2nnc3sc(-c4ccccn4)nn23)C1. The lowest BCUT2D eigenvalue weighted by atomic mass is 9.99. The number of sulfonamides is 1. The number of fused-ring (bicyclic) bond motifs is 1. The average molecular weight is 364 g/mol. The van der Waals surface area contributed by atoms with Crippen LogP contribution in [0.4, 0.5) is 0 Å². The van der Waals surface area contributed by atoms with E-state index in [9.17, 15) is 8.42 Å². The van der Waals surface area contributed by atoms with Gasteiger partial charge in [-0.1, -0.05) is 17.4 Å². The van der Waals surface area contributed by atoms with Crippen molar-refractivity contribution in [3.05, 3.63) is 30.2 Å². The highest BCUT2D eigenvalue weighted by atomic mass is 32.2. The standard InChI is InChI=1S/C14H16N6O2S2/c1-24(21,22)19-8-4-5-10(9-19)12-16-17-14-20(12)18-13(23-14)11-6-2-3-7-15-11/h2-3,6-7,10H,4-5,8-9H2,1H3. The van der Waals surface area contributed by atoms with E-state index < -0.39 is 10.0 Å². The Balaban J connectivity index is 1.69. The van der Waals surface area contributed by atoms with Crippen LogP contribution in [0.15, 0.2) is 24.4 Å². The summed E-state index contributed by atoms with van der Waals surface area (Å²) < 4.78 is 26.9. The Morgan fingerprint density at radius 2 is 2.17 bits per heavy atom. The minimum absolute atomic E-state index is 0.00200. The van der Waals surface area contributed by atoms with Crippen molar-refractivity contribution in [2.75, 3.05) is 19.3 Å². The van der Waals surface area contributed by atoms with Gasteiger partial charge in [-0.25, -0.2) is 12.7 Å². The summed E-state index contributed by atoms with van der Waals surface area (Å²) in [6.45, 7) is 0.990. The van der Waals surface area contributed by atoms with E-state index >= 15 is 0 Å². The molecule has 1 atom stereocenters. The van der Waals surface area contributed by atoms with Gasteiger partial charge < -0.3 is 0 Å². The van der Waals surface area contributed by atoms with Crippen LogP contribution in [-0.2, 0) is 10.0 Å². The number of nitrogens with zero attached hydrogens (tertiary/aromatic N) is 6. The van der Waals surface area contributed by atoms with Gasteiger partial charge in [0, 0.05) is 25.2 Å². The molecule has 1 unspecified atom stereocenters. The van der Waals surface area contributed by atoms with E-state index in [-0.39, 0.29) is 5.92 Å². The van der Waals surface area contributed by atoms with Crippen molar-refractivity contribution in [3.63, 3.8) is 0 Å². The van der Waals surface area contributed by atoms with Crippen molar-refractivity contribution in [1.29, 1.82) is 0 Å². The van der Waals surface area contributed by atoms with Gasteiger partial charge in [0.1, 0.15) is 5.69 Å². The van der Waals surface area contributed by atoms with E-state index in [4.69, 9.17) is 0 Å². The zero-order chi connectivity index (χ0) is 16.7. The van der Waals surface area contributed by atoms with Crippen LogP contribution in [0, 0.1) is 0 Å². The second kappa shape index (κ2) is 5.87. The molecule has 0 aromatic carbocycles. The van der Waals surface area contributed by atoms with Crippen LogP contribution in [0.5, 0.6) is 0 Å². The molecule has 0 N–H and O–H groups in total. The van der Waals surface area contributed by atoms with Gasteiger partial charge in [-0.15, -0.1) is 10.2 Å². The molecular weight excluding hydrogens is 348 g/mol. The monoisotopic (exact) mass is 364 g/mol. The number of hydrogen-bond acceptors (Lipinski definition) is 7. The fourth-order valence-corrected chi connectivity index (χ4v) is 4.67. The molecule has 0 aliphatic carbocycles. The Morgan fingerprint density at radius 3 is 2.92 bits per heavy atom.